The molecule has 0 fully saturated rings. The Morgan fingerprint density at radius 2 is 2.13 bits per heavy atom. The van der Waals surface area contributed by atoms with Crippen LogP contribution in [0.4, 0.5) is 0 Å². The van der Waals surface area contributed by atoms with Crippen LogP contribution >= 0.6 is 0 Å². The van der Waals surface area contributed by atoms with Crippen molar-refractivity contribution in [1.29, 1.82) is 0 Å². The van der Waals surface area contributed by atoms with E-state index in [4.69, 9.17) is 5.73 Å². The van der Waals surface area contributed by atoms with E-state index in [0.717, 1.165) is 13.1 Å². The molecule has 3 heteroatoms. The van der Waals surface area contributed by atoms with E-state index in [2.05, 4.69) is 30.6 Å². The van der Waals surface area contributed by atoms with Crippen molar-refractivity contribution in [3.8, 4) is 0 Å². The fourth-order valence-corrected chi connectivity index (χ4v) is 1.60. The van der Waals surface area contributed by atoms with Gasteiger partial charge in [0.25, 0.3) is 0 Å². The molecule has 0 atom stereocenters. The quantitative estimate of drug-likeness (QED) is 0.731. The van der Waals surface area contributed by atoms with Crippen molar-refractivity contribution in [1.82, 2.24) is 9.78 Å². The smallest absolute Gasteiger partial charge is 0.0492 e. The number of unbranched alkanes of at least 4 members (excludes halogenated alkanes) is 1. The zero-order valence-electron chi connectivity index (χ0n) is 10.2. The lowest BCUT2D eigenvalue weighted by atomic mass is 9.87. The fraction of sp³-hybridized carbons (Fsp3) is 0.750. The number of nitrogens with two attached hydrogens (primary N) is 1. The highest BCUT2D eigenvalue weighted by molar-refractivity contribution is 4.96. The van der Waals surface area contributed by atoms with Gasteiger partial charge in [0.15, 0.2) is 0 Å². The molecule has 0 aliphatic rings. The Labute approximate surface area is 92.7 Å². The van der Waals surface area contributed by atoms with Crippen LogP contribution in [0.1, 0.15) is 38.8 Å². The molecule has 0 aromatic carbocycles. The normalized spacial score (nSPS) is 12.0. The van der Waals surface area contributed by atoms with Gasteiger partial charge >= 0.3 is 0 Å². The molecule has 0 radical (unpaired) electrons. The van der Waals surface area contributed by atoms with Gasteiger partial charge in [0.1, 0.15) is 0 Å². The maximum absolute atomic E-state index is 5.69. The first kappa shape index (κ1) is 12.2. The lowest BCUT2D eigenvalue weighted by molar-refractivity contribution is 0.327. The van der Waals surface area contributed by atoms with Gasteiger partial charge in [-0.15, -0.1) is 0 Å². The Balaban J connectivity index is 2.20. The Morgan fingerprint density at radius 3 is 2.67 bits per heavy atom. The van der Waals surface area contributed by atoms with E-state index in [1.807, 2.05) is 12.3 Å². The lowest BCUT2D eigenvalue weighted by Crippen LogP contribution is -2.23. The predicted molar refractivity (Wildman–Crippen MR) is 63.7 cm³/mol. The zero-order valence-corrected chi connectivity index (χ0v) is 10.2. The first-order valence-electron chi connectivity index (χ1n) is 5.74. The largest absolute Gasteiger partial charge is 0.330 e. The maximum Gasteiger partial charge on any atom is 0.0492 e. The molecule has 15 heavy (non-hydrogen) atoms. The number of hydrogen-bond acceptors (Lipinski definition) is 2. The first-order valence-corrected chi connectivity index (χ1v) is 5.74. The molecule has 86 valence electrons. The Hall–Kier alpha value is -0.830. The second-order valence-corrected chi connectivity index (χ2v) is 5.02. The monoisotopic (exact) mass is 209 g/mol. The van der Waals surface area contributed by atoms with E-state index in [9.17, 15) is 0 Å². The van der Waals surface area contributed by atoms with Crippen molar-refractivity contribution in [2.45, 2.75) is 46.6 Å². The van der Waals surface area contributed by atoms with Gasteiger partial charge in [-0.2, -0.15) is 5.10 Å². The predicted octanol–water partition coefficient (Wildman–Crippen LogP) is 2.35. The molecule has 0 saturated carbocycles. The summed E-state index contributed by atoms with van der Waals surface area (Å²) in [6.45, 7) is 8.35. The van der Waals surface area contributed by atoms with Crippen LogP contribution in [0.2, 0.25) is 0 Å². The van der Waals surface area contributed by atoms with E-state index < -0.39 is 0 Å². The maximum atomic E-state index is 5.69. The van der Waals surface area contributed by atoms with Gasteiger partial charge in [0.2, 0.25) is 0 Å². The van der Waals surface area contributed by atoms with Crippen LogP contribution in [-0.4, -0.2) is 16.3 Å². The SMILES string of the molecule is Cc1ccnn1CCCCC(C)(C)CN. The van der Waals surface area contributed by atoms with Crippen LogP contribution in [-0.2, 0) is 6.54 Å². The molecule has 2 N–H and O–H groups in total. The highest BCUT2D eigenvalue weighted by Crippen LogP contribution is 2.21. The van der Waals surface area contributed by atoms with E-state index in [1.54, 1.807) is 0 Å². The minimum atomic E-state index is 0.291. The van der Waals surface area contributed by atoms with Crippen molar-refractivity contribution >= 4 is 0 Å². The number of hydrogen-bond donors (Lipinski definition) is 1. The molecule has 0 spiro atoms. The summed E-state index contributed by atoms with van der Waals surface area (Å²) in [6.07, 6.45) is 5.47. The molecule has 1 heterocycles. The summed E-state index contributed by atoms with van der Waals surface area (Å²) in [7, 11) is 0. The molecule has 0 aliphatic heterocycles. The lowest BCUT2D eigenvalue weighted by Gasteiger charge is -2.21. The van der Waals surface area contributed by atoms with Crippen LogP contribution in [0.5, 0.6) is 0 Å². The molecule has 0 unspecified atom stereocenters. The van der Waals surface area contributed by atoms with Gasteiger partial charge in [-0.25, -0.2) is 0 Å². The van der Waals surface area contributed by atoms with Crippen molar-refractivity contribution in [3.05, 3.63) is 18.0 Å². The van der Waals surface area contributed by atoms with Gasteiger partial charge in [-0.1, -0.05) is 20.3 Å². The molecule has 0 aliphatic carbocycles. The third kappa shape index (κ3) is 4.04. The fourth-order valence-electron chi connectivity index (χ4n) is 1.60. The highest BCUT2D eigenvalue weighted by Gasteiger charge is 2.14. The van der Waals surface area contributed by atoms with Crippen LogP contribution < -0.4 is 5.73 Å². The van der Waals surface area contributed by atoms with Gasteiger partial charge in [0, 0.05) is 18.4 Å². The minimum Gasteiger partial charge on any atom is -0.330 e. The molecule has 1 rings (SSSR count). The molecular formula is C12H23N3. The standard InChI is InChI=1S/C12H23N3/c1-11-6-8-14-15(11)9-5-4-7-12(2,3)10-13/h6,8H,4-5,7,9-10,13H2,1-3H3. The van der Waals surface area contributed by atoms with Crippen molar-refractivity contribution in [2.24, 2.45) is 11.1 Å². The Kier molecular flexibility index (Phi) is 4.33. The highest BCUT2D eigenvalue weighted by atomic mass is 15.3. The van der Waals surface area contributed by atoms with Crippen LogP contribution in [0.25, 0.3) is 0 Å². The Bertz CT molecular complexity index is 289. The van der Waals surface area contributed by atoms with E-state index in [0.29, 0.717) is 5.41 Å². The zero-order chi connectivity index (χ0) is 11.3. The molecule has 0 saturated heterocycles. The summed E-state index contributed by atoms with van der Waals surface area (Å²) in [5, 5.41) is 4.26. The minimum absolute atomic E-state index is 0.291. The summed E-state index contributed by atoms with van der Waals surface area (Å²) in [6, 6.07) is 2.05. The van der Waals surface area contributed by atoms with Crippen LogP contribution in [0.3, 0.4) is 0 Å². The van der Waals surface area contributed by atoms with Crippen molar-refractivity contribution in [3.63, 3.8) is 0 Å². The average molecular weight is 209 g/mol. The molecule has 1 aromatic rings. The molecule has 1 aromatic heterocycles. The van der Waals surface area contributed by atoms with Crippen molar-refractivity contribution < 1.29 is 0 Å². The number of rotatable bonds is 6. The summed E-state index contributed by atoms with van der Waals surface area (Å²) in [5.74, 6) is 0. The molecule has 0 bridgehead atoms. The Morgan fingerprint density at radius 1 is 1.40 bits per heavy atom. The van der Waals surface area contributed by atoms with Crippen LogP contribution in [0.15, 0.2) is 12.3 Å². The number of aromatic nitrogens is 2. The summed E-state index contributed by atoms with van der Waals surface area (Å²) in [4.78, 5) is 0. The number of nitrogens with zero attached hydrogens (tertiary/aromatic N) is 2. The van der Waals surface area contributed by atoms with Gasteiger partial charge in [-0.05, 0) is 37.8 Å². The van der Waals surface area contributed by atoms with Gasteiger partial charge in [-0.3, -0.25) is 4.68 Å². The molecule has 0 amide bonds. The van der Waals surface area contributed by atoms with Gasteiger partial charge < -0.3 is 5.73 Å². The summed E-state index contributed by atoms with van der Waals surface area (Å²) >= 11 is 0. The average Bonchev–Trinajstić information content (AvgIpc) is 2.59. The third-order valence-electron chi connectivity index (χ3n) is 2.95. The topological polar surface area (TPSA) is 43.8 Å². The summed E-state index contributed by atoms with van der Waals surface area (Å²) in [5.41, 5.74) is 7.22. The van der Waals surface area contributed by atoms with Gasteiger partial charge in [0.05, 0.1) is 0 Å². The first-order chi connectivity index (χ1) is 7.05. The second kappa shape index (κ2) is 5.31. The third-order valence-corrected chi connectivity index (χ3v) is 2.95. The molecule has 3 nitrogen and oxygen atoms in total. The van der Waals surface area contributed by atoms with E-state index >= 15 is 0 Å². The number of aryl methyl sites for hydroxylation is 2. The molecular weight excluding hydrogens is 186 g/mol. The second-order valence-electron chi connectivity index (χ2n) is 5.02. The van der Waals surface area contributed by atoms with E-state index in [1.165, 1.54) is 25.0 Å². The van der Waals surface area contributed by atoms with Crippen LogP contribution in [0, 0.1) is 12.3 Å². The summed E-state index contributed by atoms with van der Waals surface area (Å²) < 4.78 is 2.06. The van der Waals surface area contributed by atoms with E-state index in [-0.39, 0.29) is 0 Å². The van der Waals surface area contributed by atoms with Crippen molar-refractivity contribution in [2.75, 3.05) is 6.54 Å².